The lowest BCUT2D eigenvalue weighted by Crippen LogP contribution is -2.48. The molecule has 1 aromatic heterocycles. The summed E-state index contributed by atoms with van der Waals surface area (Å²) in [5.41, 5.74) is 1.79. The number of rotatable bonds is 8. The number of benzene rings is 1. The highest BCUT2D eigenvalue weighted by Crippen LogP contribution is 2.35. The maximum absolute atomic E-state index is 11.7. The van der Waals surface area contributed by atoms with Crippen LogP contribution in [0.2, 0.25) is 0 Å². The molecule has 11 heteroatoms. The Hall–Kier alpha value is -3.44. The van der Waals surface area contributed by atoms with E-state index in [0.717, 1.165) is 17.1 Å². The van der Waals surface area contributed by atoms with Crippen LogP contribution in [0.5, 0.6) is 11.5 Å². The van der Waals surface area contributed by atoms with Gasteiger partial charge in [0.25, 0.3) is 0 Å². The summed E-state index contributed by atoms with van der Waals surface area (Å²) in [6, 6.07) is 5.30. The third kappa shape index (κ3) is 4.75. The van der Waals surface area contributed by atoms with Crippen molar-refractivity contribution in [2.45, 2.75) is 25.6 Å². The highest BCUT2D eigenvalue weighted by atomic mass is 32.1. The van der Waals surface area contributed by atoms with Gasteiger partial charge < -0.3 is 34.6 Å². The number of carbonyl (C=O) groups excluding carboxylic acids is 1. The molecule has 1 aromatic carbocycles. The van der Waals surface area contributed by atoms with Crippen molar-refractivity contribution in [3.8, 4) is 11.5 Å². The summed E-state index contributed by atoms with van der Waals surface area (Å²) in [5.74, 6) is 2.31. The van der Waals surface area contributed by atoms with E-state index in [9.17, 15) is 4.79 Å². The normalized spacial score (nSPS) is 19.4. The van der Waals surface area contributed by atoms with Crippen LogP contribution in [0.3, 0.4) is 0 Å². The molecule has 2 aromatic rings. The molecule has 0 radical (unpaired) electrons. The van der Waals surface area contributed by atoms with Crippen LogP contribution < -0.4 is 29.9 Å². The van der Waals surface area contributed by atoms with Gasteiger partial charge in [-0.3, -0.25) is 4.79 Å². The Morgan fingerprint density at radius 1 is 1.26 bits per heavy atom. The second kappa shape index (κ2) is 10.2. The van der Waals surface area contributed by atoms with Gasteiger partial charge in [-0.1, -0.05) is 6.58 Å². The van der Waals surface area contributed by atoms with Crippen LogP contribution in [0.1, 0.15) is 12.5 Å². The molecule has 2 N–H and O–H groups in total. The van der Waals surface area contributed by atoms with E-state index in [1.165, 1.54) is 6.08 Å². The van der Waals surface area contributed by atoms with E-state index >= 15 is 0 Å². The number of thiocarbonyl (C=S) groups is 1. The van der Waals surface area contributed by atoms with Crippen LogP contribution >= 0.6 is 12.2 Å². The number of methoxy groups -OCH3 is 2. The highest BCUT2D eigenvalue weighted by Gasteiger charge is 2.32. The lowest BCUT2D eigenvalue weighted by atomic mass is 10.1. The minimum absolute atomic E-state index is 0.159. The van der Waals surface area contributed by atoms with Crippen LogP contribution in [-0.4, -0.2) is 67.0 Å². The molecule has 0 bridgehead atoms. The van der Waals surface area contributed by atoms with Crippen LogP contribution in [0.4, 0.5) is 17.5 Å². The third-order valence-corrected chi connectivity index (χ3v) is 6.20. The molecule has 34 heavy (non-hydrogen) atoms. The largest absolute Gasteiger partial charge is 0.497 e. The van der Waals surface area contributed by atoms with Gasteiger partial charge in [-0.2, -0.15) is 4.98 Å². The molecule has 0 aliphatic carbocycles. The lowest BCUT2D eigenvalue weighted by Gasteiger charge is -2.38. The predicted molar refractivity (Wildman–Crippen MR) is 134 cm³/mol. The van der Waals surface area contributed by atoms with Crippen LogP contribution in [-0.2, 0) is 16.1 Å². The predicted octanol–water partition coefficient (Wildman–Crippen LogP) is 2.11. The number of anilines is 3. The maximum Gasteiger partial charge on any atom is 0.243 e. The average molecular weight is 485 g/mol. The zero-order valence-corrected chi connectivity index (χ0v) is 20.2. The van der Waals surface area contributed by atoms with E-state index in [1.54, 1.807) is 20.4 Å². The minimum Gasteiger partial charge on any atom is -0.497 e. The summed E-state index contributed by atoms with van der Waals surface area (Å²) in [4.78, 5) is 25.0. The topological polar surface area (TPSA) is 101 Å². The summed E-state index contributed by atoms with van der Waals surface area (Å²) in [7, 11) is 3.23. The summed E-state index contributed by atoms with van der Waals surface area (Å²) < 4.78 is 16.4. The standard InChI is InChI=1S/C23H28N6O4S/c1-5-20(30)25-18-12-33-13-19(18)26-22-24-10-14-11-29(23(34)28(6-2)21(14)27-22)15-7-16(31-3)9-17(8-15)32-4/h5,7-10,18-19H,1,6,11-13H2,2-4H3,(H,25,30)(H,24,26,27)/t18-,19+/m0/s1. The fourth-order valence-corrected chi connectivity index (χ4v) is 4.35. The molecule has 2 aliphatic heterocycles. The van der Waals surface area contributed by atoms with Crippen molar-refractivity contribution in [1.82, 2.24) is 15.3 Å². The number of ether oxygens (including phenoxy) is 3. The smallest absolute Gasteiger partial charge is 0.243 e. The molecule has 1 saturated heterocycles. The minimum atomic E-state index is -0.245. The van der Waals surface area contributed by atoms with Crippen molar-refractivity contribution in [3.63, 3.8) is 0 Å². The number of amides is 1. The van der Waals surface area contributed by atoms with Crippen LogP contribution in [0, 0.1) is 0 Å². The Labute approximate surface area is 203 Å². The van der Waals surface area contributed by atoms with Crippen LogP contribution in [0.15, 0.2) is 37.1 Å². The third-order valence-electron chi connectivity index (χ3n) is 5.76. The van der Waals surface area contributed by atoms with Crippen molar-refractivity contribution >= 4 is 40.7 Å². The molecule has 1 fully saturated rings. The van der Waals surface area contributed by atoms with Gasteiger partial charge in [-0.05, 0) is 25.2 Å². The monoisotopic (exact) mass is 484 g/mol. The van der Waals surface area contributed by atoms with Gasteiger partial charge in [0.05, 0.1) is 51.7 Å². The van der Waals surface area contributed by atoms with Gasteiger partial charge in [-0.25, -0.2) is 4.98 Å². The number of aromatic nitrogens is 2. The molecular formula is C23H28N6O4S. The van der Waals surface area contributed by atoms with E-state index in [2.05, 4.69) is 22.2 Å². The Bertz CT molecular complexity index is 1070. The van der Waals surface area contributed by atoms with Crippen molar-refractivity contribution in [3.05, 3.63) is 42.6 Å². The van der Waals surface area contributed by atoms with Crippen molar-refractivity contribution < 1.29 is 19.0 Å². The van der Waals surface area contributed by atoms with Gasteiger partial charge >= 0.3 is 0 Å². The summed E-state index contributed by atoms with van der Waals surface area (Å²) in [6.45, 7) is 7.50. The summed E-state index contributed by atoms with van der Waals surface area (Å²) in [6.07, 6.45) is 3.04. The van der Waals surface area contributed by atoms with Crippen molar-refractivity contribution in [1.29, 1.82) is 0 Å². The molecule has 0 saturated carbocycles. The Balaban J connectivity index is 1.59. The number of nitrogens with zero attached hydrogens (tertiary/aromatic N) is 4. The molecule has 2 aliphatic rings. The van der Waals surface area contributed by atoms with Crippen molar-refractivity contribution in [2.24, 2.45) is 0 Å². The van der Waals surface area contributed by atoms with Crippen molar-refractivity contribution in [2.75, 3.05) is 49.1 Å². The molecule has 4 rings (SSSR count). The fraction of sp³-hybridized carbons (Fsp3) is 0.391. The van der Waals surface area contributed by atoms with Gasteiger partial charge in [-0.15, -0.1) is 0 Å². The number of nitrogens with one attached hydrogen (secondary N) is 2. The van der Waals surface area contributed by atoms with Gasteiger partial charge in [0.1, 0.15) is 17.3 Å². The first-order valence-electron chi connectivity index (χ1n) is 10.9. The molecule has 2 atom stereocenters. The molecule has 0 spiro atoms. The first kappa shape index (κ1) is 23.7. The zero-order valence-electron chi connectivity index (χ0n) is 19.4. The summed E-state index contributed by atoms with van der Waals surface area (Å²) >= 11 is 5.84. The Morgan fingerprint density at radius 3 is 2.62 bits per heavy atom. The maximum atomic E-state index is 11.7. The van der Waals surface area contributed by atoms with Gasteiger partial charge in [0, 0.05) is 36.5 Å². The van der Waals surface area contributed by atoms with Gasteiger partial charge in [0.2, 0.25) is 11.9 Å². The highest BCUT2D eigenvalue weighted by molar-refractivity contribution is 7.80. The van der Waals surface area contributed by atoms with E-state index < -0.39 is 0 Å². The van der Waals surface area contributed by atoms with Gasteiger partial charge in [0.15, 0.2) is 5.11 Å². The first-order chi connectivity index (χ1) is 16.5. The first-order valence-corrected chi connectivity index (χ1v) is 11.3. The molecular weight excluding hydrogens is 456 g/mol. The molecule has 3 heterocycles. The number of fused-ring (bicyclic) bond motifs is 1. The molecule has 0 unspecified atom stereocenters. The zero-order chi connectivity index (χ0) is 24.2. The number of carbonyl (C=O) groups is 1. The lowest BCUT2D eigenvalue weighted by molar-refractivity contribution is -0.117. The molecule has 1 amide bonds. The second-order valence-electron chi connectivity index (χ2n) is 7.83. The van der Waals surface area contributed by atoms with E-state index in [0.29, 0.717) is 48.9 Å². The quantitative estimate of drug-likeness (QED) is 0.428. The number of hydrogen-bond donors (Lipinski definition) is 2. The Morgan fingerprint density at radius 2 is 1.97 bits per heavy atom. The fourth-order valence-electron chi connectivity index (χ4n) is 3.97. The number of hydrogen-bond acceptors (Lipinski definition) is 8. The van der Waals surface area contributed by atoms with E-state index in [4.69, 9.17) is 31.4 Å². The second-order valence-corrected chi connectivity index (χ2v) is 8.20. The summed E-state index contributed by atoms with van der Waals surface area (Å²) in [5, 5.41) is 6.78. The van der Waals surface area contributed by atoms with Crippen LogP contribution in [0.25, 0.3) is 0 Å². The molecule has 10 nitrogen and oxygen atoms in total. The molecule has 180 valence electrons. The van der Waals surface area contributed by atoms with E-state index in [1.807, 2.05) is 34.9 Å². The SMILES string of the molecule is C=CC(=O)N[C@H]1COC[C@H]1Nc1ncc2c(n1)N(CC)C(=S)N(c1cc(OC)cc(OC)c1)C2. The van der Waals surface area contributed by atoms with E-state index in [-0.39, 0.29) is 18.0 Å². The Kier molecular flexibility index (Phi) is 7.13. The average Bonchev–Trinajstić information content (AvgIpc) is 3.29.